The Kier molecular flexibility index (Phi) is 7.53. The topological polar surface area (TPSA) is 89.4 Å². The van der Waals surface area contributed by atoms with E-state index in [0.29, 0.717) is 6.42 Å². The minimum Gasteiger partial charge on any atom is -0.370 e. The first-order valence-corrected chi connectivity index (χ1v) is 6.17. The minimum absolute atomic E-state index is 0. The van der Waals surface area contributed by atoms with Gasteiger partial charge in [-0.25, -0.2) is 0 Å². The second-order valence-electron chi connectivity index (χ2n) is 3.55. The van der Waals surface area contributed by atoms with Crippen LogP contribution in [0, 0.1) is 0 Å². The van der Waals surface area contributed by atoms with Gasteiger partial charge in [-0.3, -0.25) is 9.59 Å². The molecule has 7 heteroatoms. The number of carbonyl (C=O) groups excluding carboxylic acids is 2. The van der Waals surface area contributed by atoms with Crippen LogP contribution < -0.4 is 11.5 Å². The Morgan fingerprint density at radius 1 is 1.31 bits per heavy atom. The summed E-state index contributed by atoms with van der Waals surface area (Å²) in [5, 5.41) is 0. The highest BCUT2D eigenvalue weighted by Gasteiger charge is 2.22. The van der Waals surface area contributed by atoms with E-state index in [1.165, 1.54) is 0 Å². The molecule has 1 saturated heterocycles. The smallest absolute Gasteiger partial charge is 0.239 e. The third kappa shape index (κ3) is 5.05. The van der Waals surface area contributed by atoms with E-state index >= 15 is 0 Å². The maximum Gasteiger partial charge on any atom is 0.239 e. The summed E-state index contributed by atoms with van der Waals surface area (Å²) in [6, 6.07) is -0.583. The number of thioether (sulfide) groups is 1. The van der Waals surface area contributed by atoms with Crippen molar-refractivity contribution < 1.29 is 9.59 Å². The average molecular weight is 268 g/mol. The molecule has 0 aromatic rings. The van der Waals surface area contributed by atoms with E-state index in [1.807, 2.05) is 11.8 Å². The standard InChI is InChI=1S/C9H17N3O2S.ClH/c10-7(1-2-8(11)13)9(14)12-3-5-15-6-4-12;/h7H,1-6,10H2,(H2,11,13);1H/t7-;/m0./s1. The number of halogens is 1. The van der Waals surface area contributed by atoms with Crippen LogP contribution in [0.1, 0.15) is 12.8 Å². The fourth-order valence-electron chi connectivity index (χ4n) is 1.44. The lowest BCUT2D eigenvalue weighted by atomic mass is 10.1. The Hall–Kier alpha value is -0.460. The Morgan fingerprint density at radius 2 is 1.88 bits per heavy atom. The van der Waals surface area contributed by atoms with Gasteiger partial charge in [0.15, 0.2) is 0 Å². The first-order valence-electron chi connectivity index (χ1n) is 5.01. The number of nitrogens with zero attached hydrogens (tertiary/aromatic N) is 1. The van der Waals surface area contributed by atoms with Crippen LogP contribution in [0.2, 0.25) is 0 Å². The van der Waals surface area contributed by atoms with Gasteiger partial charge in [-0.1, -0.05) is 0 Å². The molecule has 4 N–H and O–H groups in total. The van der Waals surface area contributed by atoms with Crippen molar-refractivity contribution in [1.29, 1.82) is 0 Å². The summed E-state index contributed by atoms with van der Waals surface area (Å²) in [6.07, 6.45) is 0.521. The Morgan fingerprint density at radius 3 is 2.38 bits per heavy atom. The van der Waals surface area contributed by atoms with Gasteiger partial charge in [0.05, 0.1) is 6.04 Å². The zero-order valence-corrected chi connectivity index (χ0v) is 10.7. The number of amides is 2. The van der Waals surface area contributed by atoms with E-state index < -0.39 is 11.9 Å². The van der Waals surface area contributed by atoms with Crippen molar-refractivity contribution in [3.05, 3.63) is 0 Å². The molecule has 0 aromatic carbocycles. The van der Waals surface area contributed by atoms with E-state index in [0.717, 1.165) is 24.6 Å². The van der Waals surface area contributed by atoms with Crippen molar-refractivity contribution >= 4 is 36.0 Å². The first kappa shape index (κ1) is 15.5. The predicted molar refractivity (Wildman–Crippen MR) is 67.6 cm³/mol. The SMILES string of the molecule is Cl.NC(=O)CC[C@H](N)C(=O)N1CCSCC1. The van der Waals surface area contributed by atoms with Gasteiger partial charge in [0.2, 0.25) is 11.8 Å². The molecular formula is C9H18ClN3O2S. The Balaban J connectivity index is 0.00000225. The molecule has 1 aliphatic rings. The van der Waals surface area contributed by atoms with Crippen LogP contribution in [0.3, 0.4) is 0 Å². The third-order valence-electron chi connectivity index (χ3n) is 2.34. The number of carbonyl (C=O) groups is 2. The minimum atomic E-state index is -0.583. The maximum atomic E-state index is 11.8. The summed E-state index contributed by atoms with van der Waals surface area (Å²) >= 11 is 1.84. The molecule has 1 atom stereocenters. The van der Waals surface area contributed by atoms with E-state index in [4.69, 9.17) is 11.5 Å². The molecular weight excluding hydrogens is 250 g/mol. The predicted octanol–water partition coefficient (Wildman–Crippen LogP) is -0.424. The molecule has 0 aliphatic carbocycles. The second kappa shape index (κ2) is 7.76. The van der Waals surface area contributed by atoms with Gasteiger partial charge in [0.25, 0.3) is 0 Å². The van der Waals surface area contributed by atoms with Crippen molar-refractivity contribution in [2.45, 2.75) is 18.9 Å². The summed E-state index contributed by atoms with van der Waals surface area (Å²) in [5.41, 5.74) is 10.7. The Labute approximate surface area is 106 Å². The van der Waals surface area contributed by atoms with Gasteiger partial charge >= 0.3 is 0 Å². The summed E-state index contributed by atoms with van der Waals surface area (Å²) in [6.45, 7) is 1.52. The van der Waals surface area contributed by atoms with E-state index in [-0.39, 0.29) is 24.7 Å². The van der Waals surface area contributed by atoms with Crippen molar-refractivity contribution in [2.75, 3.05) is 24.6 Å². The van der Waals surface area contributed by atoms with Gasteiger partial charge in [0, 0.05) is 31.0 Å². The van der Waals surface area contributed by atoms with E-state index in [1.54, 1.807) is 4.90 Å². The van der Waals surface area contributed by atoms with Crippen LogP contribution in [-0.2, 0) is 9.59 Å². The lowest BCUT2D eigenvalue weighted by Gasteiger charge is -2.28. The lowest BCUT2D eigenvalue weighted by molar-refractivity contribution is -0.132. The highest BCUT2D eigenvalue weighted by Crippen LogP contribution is 2.10. The average Bonchev–Trinajstić information content (AvgIpc) is 2.26. The molecule has 5 nitrogen and oxygen atoms in total. The van der Waals surface area contributed by atoms with Gasteiger partial charge < -0.3 is 16.4 Å². The van der Waals surface area contributed by atoms with Crippen LogP contribution in [0.4, 0.5) is 0 Å². The fourth-order valence-corrected chi connectivity index (χ4v) is 2.34. The normalized spacial score (nSPS) is 17.4. The molecule has 94 valence electrons. The van der Waals surface area contributed by atoms with Gasteiger partial charge in [0.1, 0.15) is 0 Å². The number of hydrogen-bond acceptors (Lipinski definition) is 4. The summed E-state index contributed by atoms with van der Waals surface area (Å²) in [4.78, 5) is 24.1. The molecule has 0 spiro atoms. The van der Waals surface area contributed by atoms with Gasteiger partial charge in [-0.15, -0.1) is 12.4 Å². The van der Waals surface area contributed by atoms with Crippen molar-refractivity contribution in [2.24, 2.45) is 11.5 Å². The van der Waals surface area contributed by atoms with Crippen molar-refractivity contribution in [3.8, 4) is 0 Å². The van der Waals surface area contributed by atoms with E-state index in [2.05, 4.69) is 0 Å². The van der Waals surface area contributed by atoms with Gasteiger partial charge in [-0.05, 0) is 6.42 Å². The molecule has 1 heterocycles. The number of primary amides is 1. The van der Waals surface area contributed by atoms with Crippen molar-refractivity contribution in [1.82, 2.24) is 4.90 Å². The first-order chi connectivity index (χ1) is 7.11. The van der Waals surface area contributed by atoms with Crippen LogP contribution in [0.5, 0.6) is 0 Å². The number of rotatable bonds is 4. The largest absolute Gasteiger partial charge is 0.370 e. The molecule has 16 heavy (non-hydrogen) atoms. The zero-order chi connectivity index (χ0) is 11.3. The lowest BCUT2D eigenvalue weighted by Crippen LogP contribution is -2.47. The summed E-state index contributed by atoms with van der Waals surface area (Å²) in [7, 11) is 0. The van der Waals surface area contributed by atoms with Crippen LogP contribution in [-0.4, -0.2) is 47.4 Å². The fraction of sp³-hybridized carbons (Fsp3) is 0.778. The molecule has 2 amide bonds. The number of nitrogens with two attached hydrogens (primary N) is 2. The quantitative estimate of drug-likeness (QED) is 0.724. The number of hydrogen-bond donors (Lipinski definition) is 2. The van der Waals surface area contributed by atoms with Crippen LogP contribution >= 0.6 is 24.2 Å². The van der Waals surface area contributed by atoms with E-state index in [9.17, 15) is 9.59 Å². The maximum absolute atomic E-state index is 11.8. The Bertz CT molecular complexity index is 247. The molecule has 0 radical (unpaired) electrons. The zero-order valence-electron chi connectivity index (χ0n) is 9.05. The molecule has 0 aromatic heterocycles. The highest BCUT2D eigenvalue weighted by molar-refractivity contribution is 7.99. The molecule has 1 fully saturated rings. The van der Waals surface area contributed by atoms with Crippen LogP contribution in [0.15, 0.2) is 0 Å². The van der Waals surface area contributed by atoms with Crippen LogP contribution in [0.25, 0.3) is 0 Å². The summed E-state index contributed by atoms with van der Waals surface area (Å²) in [5.74, 6) is 1.46. The second-order valence-corrected chi connectivity index (χ2v) is 4.77. The monoisotopic (exact) mass is 267 g/mol. The molecule has 1 rings (SSSR count). The molecule has 0 saturated carbocycles. The van der Waals surface area contributed by atoms with Gasteiger partial charge in [-0.2, -0.15) is 11.8 Å². The summed E-state index contributed by atoms with van der Waals surface area (Å²) < 4.78 is 0. The highest BCUT2D eigenvalue weighted by atomic mass is 35.5. The third-order valence-corrected chi connectivity index (χ3v) is 3.28. The molecule has 0 unspecified atom stereocenters. The molecule has 1 aliphatic heterocycles. The van der Waals surface area contributed by atoms with Crippen molar-refractivity contribution in [3.63, 3.8) is 0 Å². The molecule has 0 bridgehead atoms.